The van der Waals surface area contributed by atoms with Crippen molar-refractivity contribution in [3.8, 4) is 17.0 Å². The Kier molecular flexibility index (Phi) is 6.72. The van der Waals surface area contributed by atoms with Crippen molar-refractivity contribution >= 4 is 17.6 Å². The SMILES string of the molecule is Cc1ccc(C(=O)Nc2ccc(-c3cc(C4CCC4)n(C(=O)NCc4ccc(F)cc4)n3)c(O)c2)cc1. The second kappa shape index (κ2) is 10.3. The molecule has 0 spiro atoms. The average Bonchev–Trinajstić information content (AvgIpc) is 3.27. The maximum Gasteiger partial charge on any atom is 0.342 e. The number of phenolic OH excluding ortho intramolecular Hbond substituents is 1. The van der Waals surface area contributed by atoms with Crippen molar-refractivity contribution in [2.45, 2.75) is 38.6 Å². The van der Waals surface area contributed by atoms with Gasteiger partial charge in [-0.1, -0.05) is 36.2 Å². The molecular weight excluding hydrogens is 471 g/mol. The topological polar surface area (TPSA) is 96.3 Å². The highest BCUT2D eigenvalue weighted by Gasteiger charge is 2.27. The lowest BCUT2D eigenvalue weighted by Crippen LogP contribution is -2.31. The summed E-state index contributed by atoms with van der Waals surface area (Å²) in [6, 6.07) is 19.4. The number of hydrogen-bond donors (Lipinski definition) is 3. The fourth-order valence-corrected chi connectivity index (χ4v) is 4.27. The summed E-state index contributed by atoms with van der Waals surface area (Å²) < 4.78 is 14.5. The number of benzene rings is 3. The molecule has 0 unspecified atom stereocenters. The van der Waals surface area contributed by atoms with Gasteiger partial charge in [-0.25, -0.2) is 9.18 Å². The molecule has 1 saturated carbocycles. The van der Waals surface area contributed by atoms with E-state index in [2.05, 4.69) is 15.7 Å². The fourth-order valence-electron chi connectivity index (χ4n) is 4.27. The van der Waals surface area contributed by atoms with Crippen LogP contribution in [0.2, 0.25) is 0 Å². The van der Waals surface area contributed by atoms with Crippen molar-refractivity contribution in [3.63, 3.8) is 0 Å². The molecule has 1 aromatic heterocycles. The van der Waals surface area contributed by atoms with Gasteiger partial charge in [0, 0.05) is 35.3 Å². The van der Waals surface area contributed by atoms with E-state index in [0.717, 1.165) is 36.1 Å². The third-order valence-corrected chi connectivity index (χ3v) is 6.66. The van der Waals surface area contributed by atoms with E-state index < -0.39 is 0 Å². The van der Waals surface area contributed by atoms with Crippen LogP contribution in [0, 0.1) is 12.7 Å². The zero-order valence-electron chi connectivity index (χ0n) is 20.4. The summed E-state index contributed by atoms with van der Waals surface area (Å²) >= 11 is 0. The van der Waals surface area contributed by atoms with Gasteiger partial charge in [-0.2, -0.15) is 9.78 Å². The molecule has 0 atom stereocenters. The van der Waals surface area contributed by atoms with Crippen molar-refractivity contribution in [1.82, 2.24) is 15.1 Å². The summed E-state index contributed by atoms with van der Waals surface area (Å²) in [6.07, 6.45) is 3.02. The second-order valence-electron chi connectivity index (χ2n) is 9.33. The van der Waals surface area contributed by atoms with E-state index in [1.165, 1.54) is 22.9 Å². The van der Waals surface area contributed by atoms with E-state index in [1.54, 1.807) is 36.4 Å². The molecule has 1 fully saturated rings. The molecule has 0 aliphatic heterocycles. The van der Waals surface area contributed by atoms with Crippen LogP contribution in [0.4, 0.5) is 14.9 Å². The Morgan fingerprint density at radius 2 is 1.76 bits per heavy atom. The quantitative estimate of drug-likeness (QED) is 0.305. The van der Waals surface area contributed by atoms with Gasteiger partial charge < -0.3 is 15.7 Å². The number of anilines is 1. The van der Waals surface area contributed by atoms with Crippen LogP contribution in [0.5, 0.6) is 5.75 Å². The minimum Gasteiger partial charge on any atom is -0.507 e. The third kappa shape index (κ3) is 5.38. The van der Waals surface area contributed by atoms with Crippen molar-refractivity contribution in [1.29, 1.82) is 0 Å². The largest absolute Gasteiger partial charge is 0.507 e. The number of carbonyl (C=O) groups excluding carboxylic acids is 2. The van der Waals surface area contributed by atoms with Crippen LogP contribution < -0.4 is 10.6 Å². The molecule has 3 N–H and O–H groups in total. The van der Waals surface area contributed by atoms with Gasteiger partial charge in [0.05, 0.1) is 11.4 Å². The molecule has 2 amide bonds. The molecule has 1 aliphatic carbocycles. The molecule has 0 bridgehead atoms. The molecule has 4 aromatic rings. The van der Waals surface area contributed by atoms with E-state index in [4.69, 9.17) is 0 Å². The molecule has 8 heteroatoms. The summed E-state index contributed by atoms with van der Waals surface area (Å²) in [4.78, 5) is 25.6. The highest BCUT2D eigenvalue weighted by Crippen LogP contribution is 2.39. The smallest absolute Gasteiger partial charge is 0.342 e. The van der Waals surface area contributed by atoms with E-state index >= 15 is 0 Å². The summed E-state index contributed by atoms with van der Waals surface area (Å²) in [7, 11) is 0. The molecule has 188 valence electrons. The normalized spacial score (nSPS) is 13.1. The second-order valence-corrected chi connectivity index (χ2v) is 9.33. The number of carbonyl (C=O) groups is 2. The van der Waals surface area contributed by atoms with E-state index in [0.29, 0.717) is 22.5 Å². The Bertz CT molecular complexity index is 1440. The van der Waals surface area contributed by atoms with Gasteiger partial charge in [-0.3, -0.25) is 4.79 Å². The highest BCUT2D eigenvalue weighted by atomic mass is 19.1. The third-order valence-electron chi connectivity index (χ3n) is 6.66. The van der Waals surface area contributed by atoms with E-state index in [1.807, 2.05) is 25.1 Å². The number of nitrogens with zero attached hydrogens (tertiary/aromatic N) is 2. The maximum atomic E-state index is 13.2. The summed E-state index contributed by atoms with van der Waals surface area (Å²) in [5.74, 6) is -0.451. The first kappa shape index (κ1) is 24.2. The van der Waals surface area contributed by atoms with E-state index in [9.17, 15) is 19.1 Å². The lowest BCUT2D eigenvalue weighted by molar-refractivity contribution is 0.102. The minimum atomic E-state index is -0.390. The zero-order chi connectivity index (χ0) is 25.9. The van der Waals surface area contributed by atoms with Crippen molar-refractivity contribution in [3.05, 3.63) is 101 Å². The predicted octanol–water partition coefficient (Wildman–Crippen LogP) is 5.98. The first-order chi connectivity index (χ1) is 17.9. The lowest BCUT2D eigenvalue weighted by atomic mass is 9.82. The predicted molar refractivity (Wildman–Crippen MR) is 139 cm³/mol. The monoisotopic (exact) mass is 498 g/mol. The summed E-state index contributed by atoms with van der Waals surface area (Å²) in [6.45, 7) is 2.18. The molecule has 1 aliphatic rings. The van der Waals surface area contributed by atoms with Gasteiger partial charge in [0.2, 0.25) is 0 Å². The number of aryl methyl sites for hydroxylation is 1. The average molecular weight is 499 g/mol. The number of nitrogens with one attached hydrogen (secondary N) is 2. The van der Waals surface area contributed by atoms with Crippen molar-refractivity contribution in [2.24, 2.45) is 0 Å². The summed E-state index contributed by atoms with van der Waals surface area (Å²) in [5, 5.41) is 20.9. The maximum absolute atomic E-state index is 13.2. The standard InChI is InChI=1S/C29H27FN4O3/c1-18-5-9-21(10-6-18)28(36)32-23-13-14-24(27(35)15-23)25-16-26(20-3-2-4-20)34(33-25)29(37)31-17-19-7-11-22(30)12-8-19/h5-16,20,35H,2-4,17H2,1H3,(H,31,37)(H,32,36). The molecule has 3 aromatic carbocycles. The van der Waals surface area contributed by atoms with Gasteiger partial charge in [0.25, 0.3) is 5.91 Å². The number of amides is 2. The Balaban J connectivity index is 1.35. The van der Waals surface area contributed by atoms with Gasteiger partial charge in [0.15, 0.2) is 0 Å². The van der Waals surface area contributed by atoms with Gasteiger partial charge >= 0.3 is 6.03 Å². The molecule has 5 rings (SSSR count). The minimum absolute atomic E-state index is 0.0572. The zero-order valence-corrected chi connectivity index (χ0v) is 20.4. The van der Waals surface area contributed by atoms with Gasteiger partial charge in [-0.05, 0) is 67.8 Å². The number of halogens is 1. The van der Waals surface area contributed by atoms with Crippen LogP contribution in [0.25, 0.3) is 11.3 Å². The summed E-state index contributed by atoms with van der Waals surface area (Å²) in [5.41, 5.74) is 4.50. The fraction of sp³-hybridized carbons (Fsp3) is 0.207. The number of rotatable bonds is 6. The Morgan fingerprint density at radius 1 is 1.03 bits per heavy atom. The molecule has 37 heavy (non-hydrogen) atoms. The van der Waals surface area contributed by atoms with E-state index in [-0.39, 0.29) is 36.0 Å². The highest BCUT2D eigenvalue weighted by molar-refractivity contribution is 6.04. The van der Waals surface area contributed by atoms with Gasteiger partial charge in [-0.15, -0.1) is 0 Å². The van der Waals surface area contributed by atoms with Crippen LogP contribution in [-0.4, -0.2) is 26.8 Å². The van der Waals surface area contributed by atoms with Crippen LogP contribution >= 0.6 is 0 Å². The van der Waals surface area contributed by atoms with Crippen LogP contribution in [-0.2, 0) is 6.54 Å². The van der Waals surface area contributed by atoms with Crippen molar-refractivity contribution in [2.75, 3.05) is 5.32 Å². The Hall–Kier alpha value is -4.46. The Morgan fingerprint density at radius 3 is 2.41 bits per heavy atom. The molecular formula is C29H27FN4O3. The number of phenols is 1. The lowest BCUT2D eigenvalue weighted by Gasteiger charge is -2.25. The molecule has 1 heterocycles. The Labute approximate surface area is 214 Å². The van der Waals surface area contributed by atoms with Gasteiger partial charge in [0.1, 0.15) is 11.6 Å². The molecule has 0 radical (unpaired) electrons. The van der Waals surface area contributed by atoms with Crippen molar-refractivity contribution < 1.29 is 19.1 Å². The number of aromatic hydroxyl groups is 1. The van der Waals surface area contributed by atoms with Crippen LogP contribution in [0.3, 0.4) is 0 Å². The van der Waals surface area contributed by atoms with Crippen LogP contribution in [0.1, 0.15) is 52.4 Å². The first-order valence-electron chi connectivity index (χ1n) is 12.2. The number of aromatic nitrogens is 2. The molecule has 0 saturated heterocycles. The number of hydrogen-bond acceptors (Lipinski definition) is 4. The van der Waals surface area contributed by atoms with Crippen LogP contribution in [0.15, 0.2) is 72.8 Å². The first-order valence-corrected chi connectivity index (χ1v) is 12.2. The molecule has 7 nitrogen and oxygen atoms in total.